The summed E-state index contributed by atoms with van der Waals surface area (Å²) < 4.78 is 0. The molecule has 0 atom stereocenters. The largest absolute Gasteiger partial charge is 0.355 e. The van der Waals surface area contributed by atoms with Crippen LogP contribution in [0.5, 0.6) is 0 Å². The van der Waals surface area contributed by atoms with Crippen LogP contribution >= 0.6 is 0 Å². The Morgan fingerprint density at radius 2 is 1.93 bits per heavy atom. The molecule has 4 rings (SSSR count). The second-order valence-electron chi connectivity index (χ2n) is 7.25. The van der Waals surface area contributed by atoms with Crippen molar-refractivity contribution in [2.24, 2.45) is 5.92 Å². The third kappa shape index (κ3) is 5.13. The maximum Gasteiger partial charge on any atom is 0.275 e. The fourth-order valence-corrected chi connectivity index (χ4v) is 3.65. The standard InChI is InChI=1S/C22H24N6O/c29-22(19-3-1-2-9-24-19)27-20-15-18(6-10-25-20)5-4-17-7-13-28(14-8-17)21-16-23-11-12-26-21/h1-3,6,9-12,15-17H,4-5,7-8,13-14H2,(H,25,27,29). The summed E-state index contributed by atoms with van der Waals surface area (Å²) in [4.78, 5) is 31.4. The quantitative estimate of drug-likeness (QED) is 0.697. The van der Waals surface area contributed by atoms with Gasteiger partial charge in [-0.1, -0.05) is 6.07 Å². The van der Waals surface area contributed by atoms with Crippen LogP contribution in [0.1, 0.15) is 35.3 Å². The van der Waals surface area contributed by atoms with Crippen LogP contribution in [-0.4, -0.2) is 38.9 Å². The number of carbonyl (C=O) groups is 1. The Balaban J connectivity index is 1.27. The average molecular weight is 388 g/mol. The fourth-order valence-electron chi connectivity index (χ4n) is 3.65. The van der Waals surface area contributed by atoms with Crippen molar-refractivity contribution in [3.05, 3.63) is 72.6 Å². The van der Waals surface area contributed by atoms with E-state index in [0.717, 1.165) is 44.6 Å². The molecule has 4 heterocycles. The number of hydrogen-bond donors (Lipinski definition) is 1. The Kier molecular flexibility index (Phi) is 6.04. The first-order chi connectivity index (χ1) is 14.3. The van der Waals surface area contributed by atoms with E-state index in [1.54, 1.807) is 43.0 Å². The van der Waals surface area contributed by atoms with Crippen LogP contribution in [0.3, 0.4) is 0 Å². The van der Waals surface area contributed by atoms with E-state index >= 15 is 0 Å². The molecule has 1 aliphatic heterocycles. The highest BCUT2D eigenvalue weighted by atomic mass is 16.1. The lowest BCUT2D eigenvalue weighted by molar-refractivity contribution is 0.102. The molecule has 7 nitrogen and oxygen atoms in total. The SMILES string of the molecule is O=C(Nc1cc(CCC2CCN(c3cnccn3)CC2)ccn1)c1ccccn1. The highest BCUT2D eigenvalue weighted by Crippen LogP contribution is 2.25. The highest BCUT2D eigenvalue weighted by Gasteiger charge is 2.20. The first-order valence-electron chi connectivity index (χ1n) is 9.96. The molecule has 148 valence electrons. The van der Waals surface area contributed by atoms with Gasteiger partial charge in [0, 0.05) is 37.9 Å². The summed E-state index contributed by atoms with van der Waals surface area (Å²) in [6.45, 7) is 2.04. The first-order valence-corrected chi connectivity index (χ1v) is 9.96. The van der Waals surface area contributed by atoms with E-state index in [1.807, 2.05) is 18.3 Å². The molecule has 3 aromatic heterocycles. The van der Waals surface area contributed by atoms with Gasteiger partial charge in [0.1, 0.15) is 17.3 Å². The van der Waals surface area contributed by atoms with Crippen LogP contribution in [0.2, 0.25) is 0 Å². The van der Waals surface area contributed by atoms with E-state index in [0.29, 0.717) is 17.4 Å². The molecule has 0 saturated carbocycles. The minimum absolute atomic E-state index is 0.244. The maximum atomic E-state index is 12.3. The normalized spacial score (nSPS) is 14.6. The van der Waals surface area contributed by atoms with Gasteiger partial charge in [-0.3, -0.25) is 14.8 Å². The zero-order valence-electron chi connectivity index (χ0n) is 16.2. The number of pyridine rings is 2. The van der Waals surface area contributed by atoms with Crippen molar-refractivity contribution in [2.75, 3.05) is 23.3 Å². The van der Waals surface area contributed by atoms with Crippen LogP contribution in [0, 0.1) is 5.92 Å². The molecule has 0 aliphatic carbocycles. The van der Waals surface area contributed by atoms with E-state index in [1.165, 1.54) is 5.56 Å². The molecule has 0 aromatic carbocycles. The average Bonchev–Trinajstić information content (AvgIpc) is 2.79. The zero-order chi connectivity index (χ0) is 19.9. The van der Waals surface area contributed by atoms with Crippen LogP contribution in [-0.2, 0) is 6.42 Å². The van der Waals surface area contributed by atoms with Gasteiger partial charge in [0.25, 0.3) is 5.91 Å². The molecule has 29 heavy (non-hydrogen) atoms. The number of amides is 1. The first kappa shape index (κ1) is 19.0. The van der Waals surface area contributed by atoms with Crippen LogP contribution < -0.4 is 10.2 Å². The Morgan fingerprint density at radius 1 is 1.03 bits per heavy atom. The molecule has 0 unspecified atom stereocenters. The van der Waals surface area contributed by atoms with Gasteiger partial charge in [0.2, 0.25) is 0 Å². The summed E-state index contributed by atoms with van der Waals surface area (Å²) in [7, 11) is 0. The predicted molar refractivity (Wildman–Crippen MR) is 112 cm³/mol. The smallest absolute Gasteiger partial charge is 0.275 e. The van der Waals surface area contributed by atoms with Crippen LogP contribution in [0.15, 0.2) is 61.3 Å². The second kappa shape index (κ2) is 9.23. The Hall–Kier alpha value is -3.35. The molecule has 0 radical (unpaired) electrons. The Morgan fingerprint density at radius 3 is 2.69 bits per heavy atom. The molecule has 1 N–H and O–H groups in total. The summed E-state index contributed by atoms with van der Waals surface area (Å²) >= 11 is 0. The Labute approximate surface area is 170 Å². The van der Waals surface area contributed by atoms with Crippen molar-refractivity contribution in [3.8, 4) is 0 Å². The molecular weight excluding hydrogens is 364 g/mol. The van der Waals surface area contributed by atoms with Gasteiger partial charge in [-0.15, -0.1) is 0 Å². The number of aromatic nitrogens is 4. The van der Waals surface area contributed by atoms with Crippen molar-refractivity contribution < 1.29 is 4.79 Å². The zero-order valence-corrected chi connectivity index (χ0v) is 16.2. The molecule has 3 aromatic rings. The monoisotopic (exact) mass is 388 g/mol. The number of carbonyl (C=O) groups excluding carboxylic acids is 1. The van der Waals surface area contributed by atoms with Crippen LogP contribution in [0.25, 0.3) is 0 Å². The van der Waals surface area contributed by atoms with Crippen molar-refractivity contribution in [2.45, 2.75) is 25.7 Å². The predicted octanol–water partition coefficient (Wildman–Crippen LogP) is 3.37. The number of aryl methyl sites for hydroxylation is 1. The number of nitrogens with zero attached hydrogens (tertiary/aromatic N) is 5. The third-order valence-corrected chi connectivity index (χ3v) is 5.29. The van der Waals surface area contributed by atoms with Crippen LogP contribution in [0.4, 0.5) is 11.6 Å². The molecular formula is C22H24N6O. The van der Waals surface area contributed by atoms with Gasteiger partial charge in [-0.2, -0.15) is 0 Å². The molecule has 1 amide bonds. The number of hydrogen-bond acceptors (Lipinski definition) is 6. The van der Waals surface area contributed by atoms with Crippen molar-refractivity contribution >= 4 is 17.5 Å². The van der Waals surface area contributed by atoms with E-state index in [-0.39, 0.29) is 5.91 Å². The maximum absolute atomic E-state index is 12.3. The van der Waals surface area contributed by atoms with Gasteiger partial charge in [-0.25, -0.2) is 9.97 Å². The molecule has 7 heteroatoms. The van der Waals surface area contributed by atoms with Gasteiger partial charge in [0.05, 0.1) is 6.20 Å². The van der Waals surface area contributed by atoms with E-state index in [9.17, 15) is 4.79 Å². The Bertz CT molecular complexity index is 926. The number of anilines is 2. The van der Waals surface area contributed by atoms with Gasteiger partial charge < -0.3 is 10.2 Å². The second-order valence-corrected chi connectivity index (χ2v) is 7.25. The van der Waals surface area contributed by atoms with Crippen molar-refractivity contribution in [1.82, 2.24) is 19.9 Å². The minimum atomic E-state index is -0.244. The molecule has 0 spiro atoms. The van der Waals surface area contributed by atoms with Gasteiger partial charge in [0.15, 0.2) is 0 Å². The lowest BCUT2D eigenvalue weighted by Gasteiger charge is -2.32. The topological polar surface area (TPSA) is 83.9 Å². The number of nitrogens with one attached hydrogen (secondary N) is 1. The van der Waals surface area contributed by atoms with Crippen molar-refractivity contribution in [1.29, 1.82) is 0 Å². The van der Waals surface area contributed by atoms with E-state index < -0.39 is 0 Å². The lowest BCUT2D eigenvalue weighted by Crippen LogP contribution is -2.34. The third-order valence-electron chi connectivity index (χ3n) is 5.29. The van der Waals surface area contributed by atoms with Gasteiger partial charge in [-0.05, 0) is 61.4 Å². The lowest BCUT2D eigenvalue weighted by atomic mass is 9.90. The molecule has 1 saturated heterocycles. The minimum Gasteiger partial charge on any atom is -0.355 e. The molecule has 0 bridgehead atoms. The highest BCUT2D eigenvalue weighted by molar-refractivity contribution is 6.02. The van der Waals surface area contributed by atoms with E-state index in [2.05, 4.69) is 30.2 Å². The number of rotatable bonds is 6. The fraction of sp³-hybridized carbons (Fsp3) is 0.318. The van der Waals surface area contributed by atoms with E-state index in [4.69, 9.17) is 0 Å². The summed E-state index contributed by atoms with van der Waals surface area (Å²) in [5.74, 6) is 1.98. The number of piperidine rings is 1. The summed E-state index contributed by atoms with van der Waals surface area (Å²) in [6, 6.07) is 9.24. The molecule has 1 aliphatic rings. The van der Waals surface area contributed by atoms with Crippen molar-refractivity contribution in [3.63, 3.8) is 0 Å². The van der Waals surface area contributed by atoms with Gasteiger partial charge >= 0.3 is 0 Å². The molecule has 1 fully saturated rings. The summed E-state index contributed by atoms with van der Waals surface area (Å²) in [5, 5.41) is 2.83. The summed E-state index contributed by atoms with van der Waals surface area (Å²) in [6.07, 6.45) is 13.1. The summed E-state index contributed by atoms with van der Waals surface area (Å²) in [5.41, 5.74) is 1.57.